The molecule has 1 unspecified atom stereocenters. The van der Waals surface area contributed by atoms with Gasteiger partial charge < -0.3 is 10.2 Å². The van der Waals surface area contributed by atoms with Gasteiger partial charge in [-0.15, -0.1) is 0 Å². The van der Waals surface area contributed by atoms with Crippen LogP contribution < -0.4 is 5.32 Å². The molecule has 108 valence electrons. The van der Waals surface area contributed by atoms with Crippen molar-refractivity contribution in [3.05, 3.63) is 0 Å². The van der Waals surface area contributed by atoms with Crippen molar-refractivity contribution in [1.82, 2.24) is 10.2 Å². The summed E-state index contributed by atoms with van der Waals surface area (Å²) >= 11 is 0. The molecule has 1 rings (SSSR count). The van der Waals surface area contributed by atoms with Crippen LogP contribution in [0, 0.1) is 17.3 Å². The molecule has 1 atom stereocenters. The molecule has 2 heteroatoms. The van der Waals surface area contributed by atoms with Crippen LogP contribution >= 0.6 is 0 Å². The van der Waals surface area contributed by atoms with E-state index in [4.69, 9.17) is 0 Å². The van der Waals surface area contributed by atoms with E-state index < -0.39 is 0 Å². The molecular formula is C16H34N2. The lowest BCUT2D eigenvalue weighted by molar-refractivity contribution is 0.151. The average Bonchev–Trinajstić information content (AvgIpc) is 2.73. The Labute approximate surface area is 115 Å². The van der Waals surface area contributed by atoms with Crippen LogP contribution in [-0.4, -0.2) is 37.6 Å². The van der Waals surface area contributed by atoms with E-state index in [1.165, 1.54) is 45.4 Å². The molecule has 0 aromatic rings. The van der Waals surface area contributed by atoms with Gasteiger partial charge in [0, 0.05) is 19.6 Å². The van der Waals surface area contributed by atoms with Gasteiger partial charge in [-0.05, 0) is 49.6 Å². The van der Waals surface area contributed by atoms with Gasteiger partial charge in [0.2, 0.25) is 0 Å². The third-order valence-corrected chi connectivity index (χ3v) is 4.62. The topological polar surface area (TPSA) is 15.3 Å². The van der Waals surface area contributed by atoms with E-state index >= 15 is 0 Å². The highest BCUT2D eigenvalue weighted by molar-refractivity contribution is 4.85. The van der Waals surface area contributed by atoms with E-state index in [1.54, 1.807) is 0 Å². The number of hydrogen-bond donors (Lipinski definition) is 1. The van der Waals surface area contributed by atoms with Crippen LogP contribution in [0.2, 0.25) is 0 Å². The Morgan fingerprint density at radius 1 is 1.28 bits per heavy atom. The molecule has 1 heterocycles. The number of hydrogen-bond acceptors (Lipinski definition) is 2. The largest absolute Gasteiger partial charge is 0.316 e. The number of likely N-dealkylation sites (tertiary alicyclic amines) is 1. The van der Waals surface area contributed by atoms with Crippen LogP contribution in [0.25, 0.3) is 0 Å². The fraction of sp³-hybridized carbons (Fsp3) is 1.00. The molecule has 0 amide bonds. The van der Waals surface area contributed by atoms with Gasteiger partial charge in [0.05, 0.1) is 0 Å². The Kier molecular flexibility index (Phi) is 6.65. The maximum Gasteiger partial charge on any atom is 0.00500 e. The molecule has 0 aromatic carbocycles. The molecule has 2 nitrogen and oxygen atoms in total. The van der Waals surface area contributed by atoms with Gasteiger partial charge in [-0.2, -0.15) is 0 Å². The van der Waals surface area contributed by atoms with Crippen LogP contribution in [0.15, 0.2) is 0 Å². The summed E-state index contributed by atoms with van der Waals surface area (Å²) in [5.74, 6) is 1.66. The lowest BCUT2D eigenvalue weighted by Gasteiger charge is -2.36. The van der Waals surface area contributed by atoms with Gasteiger partial charge in [-0.1, -0.05) is 34.6 Å². The zero-order valence-electron chi connectivity index (χ0n) is 13.3. The molecule has 0 aliphatic carbocycles. The van der Waals surface area contributed by atoms with E-state index in [0.717, 1.165) is 18.4 Å². The maximum absolute atomic E-state index is 3.69. The molecule has 0 saturated carbocycles. The summed E-state index contributed by atoms with van der Waals surface area (Å²) in [6, 6.07) is 0. The van der Waals surface area contributed by atoms with Gasteiger partial charge in [0.1, 0.15) is 0 Å². The Morgan fingerprint density at radius 3 is 2.39 bits per heavy atom. The smallest absolute Gasteiger partial charge is 0.00500 e. The molecular weight excluding hydrogens is 220 g/mol. The summed E-state index contributed by atoms with van der Waals surface area (Å²) in [5.41, 5.74) is 0.485. The predicted octanol–water partition coefficient (Wildman–Crippen LogP) is 3.38. The number of rotatable bonds is 8. The first-order chi connectivity index (χ1) is 8.51. The van der Waals surface area contributed by atoms with E-state index in [9.17, 15) is 0 Å². The van der Waals surface area contributed by atoms with Crippen LogP contribution in [0.3, 0.4) is 0 Å². The highest BCUT2D eigenvalue weighted by Crippen LogP contribution is 2.29. The molecule has 1 aliphatic rings. The second-order valence-corrected chi connectivity index (χ2v) is 6.86. The molecule has 1 saturated heterocycles. The van der Waals surface area contributed by atoms with Crippen molar-refractivity contribution in [1.29, 1.82) is 0 Å². The first-order valence-electron chi connectivity index (χ1n) is 7.94. The van der Waals surface area contributed by atoms with Crippen molar-refractivity contribution < 1.29 is 0 Å². The summed E-state index contributed by atoms with van der Waals surface area (Å²) < 4.78 is 0. The van der Waals surface area contributed by atoms with Crippen molar-refractivity contribution in [2.75, 3.05) is 32.7 Å². The van der Waals surface area contributed by atoms with Crippen LogP contribution in [-0.2, 0) is 0 Å². The predicted molar refractivity (Wildman–Crippen MR) is 80.9 cm³/mol. The molecule has 0 spiro atoms. The normalized spacial score (nSPS) is 22.0. The Morgan fingerprint density at radius 2 is 1.94 bits per heavy atom. The number of nitrogens with zero attached hydrogens (tertiary/aromatic N) is 1. The summed E-state index contributed by atoms with van der Waals surface area (Å²) in [6.07, 6.45) is 3.97. The van der Waals surface area contributed by atoms with Gasteiger partial charge in [-0.25, -0.2) is 0 Å². The van der Waals surface area contributed by atoms with E-state index in [2.05, 4.69) is 44.8 Å². The minimum atomic E-state index is 0.485. The highest BCUT2D eigenvalue weighted by Gasteiger charge is 2.31. The van der Waals surface area contributed by atoms with E-state index in [0.29, 0.717) is 5.41 Å². The SMILES string of the molecule is CCC(CC)(CNCC(C)C)CN1CCC(C)C1. The minimum Gasteiger partial charge on any atom is -0.316 e. The van der Waals surface area contributed by atoms with Gasteiger partial charge in [0.15, 0.2) is 0 Å². The van der Waals surface area contributed by atoms with Crippen molar-refractivity contribution in [3.8, 4) is 0 Å². The summed E-state index contributed by atoms with van der Waals surface area (Å²) in [6.45, 7) is 17.9. The second-order valence-electron chi connectivity index (χ2n) is 6.86. The van der Waals surface area contributed by atoms with E-state index in [1.807, 2.05) is 0 Å². The fourth-order valence-corrected chi connectivity index (χ4v) is 3.05. The zero-order valence-corrected chi connectivity index (χ0v) is 13.3. The van der Waals surface area contributed by atoms with Gasteiger partial charge in [0.25, 0.3) is 0 Å². The van der Waals surface area contributed by atoms with Gasteiger partial charge in [-0.3, -0.25) is 0 Å². The average molecular weight is 254 g/mol. The lowest BCUT2D eigenvalue weighted by atomic mass is 9.81. The lowest BCUT2D eigenvalue weighted by Crippen LogP contribution is -2.43. The van der Waals surface area contributed by atoms with Crippen molar-refractivity contribution in [2.45, 2.75) is 53.9 Å². The molecule has 0 aromatic heterocycles. The van der Waals surface area contributed by atoms with E-state index in [-0.39, 0.29) is 0 Å². The van der Waals surface area contributed by atoms with Crippen molar-refractivity contribution >= 4 is 0 Å². The quantitative estimate of drug-likeness (QED) is 0.714. The molecule has 1 fully saturated rings. The van der Waals surface area contributed by atoms with Crippen molar-refractivity contribution in [3.63, 3.8) is 0 Å². The maximum atomic E-state index is 3.69. The Bertz CT molecular complexity index is 221. The van der Waals surface area contributed by atoms with Crippen LogP contribution in [0.5, 0.6) is 0 Å². The molecule has 0 bridgehead atoms. The highest BCUT2D eigenvalue weighted by atomic mass is 15.2. The Balaban J connectivity index is 2.45. The molecule has 0 radical (unpaired) electrons. The summed E-state index contributed by atoms with van der Waals surface area (Å²) in [4.78, 5) is 2.69. The van der Waals surface area contributed by atoms with Crippen LogP contribution in [0.1, 0.15) is 53.9 Å². The first-order valence-corrected chi connectivity index (χ1v) is 7.94. The molecule has 18 heavy (non-hydrogen) atoms. The third kappa shape index (κ3) is 4.89. The Hall–Kier alpha value is -0.0800. The summed E-state index contributed by atoms with van der Waals surface area (Å²) in [5, 5.41) is 3.69. The van der Waals surface area contributed by atoms with Gasteiger partial charge >= 0.3 is 0 Å². The monoisotopic (exact) mass is 254 g/mol. The third-order valence-electron chi connectivity index (χ3n) is 4.62. The summed E-state index contributed by atoms with van der Waals surface area (Å²) in [7, 11) is 0. The number of nitrogens with one attached hydrogen (secondary N) is 1. The fourth-order valence-electron chi connectivity index (χ4n) is 3.05. The minimum absolute atomic E-state index is 0.485. The van der Waals surface area contributed by atoms with Crippen molar-refractivity contribution in [2.24, 2.45) is 17.3 Å². The second kappa shape index (κ2) is 7.49. The van der Waals surface area contributed by atoms with Crippen LogP contribution in [0.4, 0.5) is 0 Å². The standard InChI is InChI=1S/C16H34N2/c1-6-16(7-2,12-17-10-14(3)4)13-18-9-8-15(5)11-18/h14-15,17H,6-13H2,1-5H3. The zero-order chi connectivity index (χ0) is 13.6. The molecule has 1 N–H and O–H groups in total. The first kappa shape index (κ1) is 16.0. The molecule has 1 aliphatic heterocycles.